The van der Waals surface area contributed by atoms with Crippen LogP contribution in [0.1, 0.15) is 47.1 Å². The summed E-state index contributed by atoms with van der Waals surface area (Å²) in [6, 6.07) is 9.22. The lowest BCUT2D eigenvalue weighted by Gasteiger charge is -2.37. The molecule has 0 radical (unpaired) electrons. The molecule has 0 spiro atoms. The van der Waals surface area contributed by atoms with E-state index in [1.165, 1.54) is 0 Å². The monoisotopic (exact) mass is 445 g/mol. The summed E-state index contributed by atoms with van der Waals surface area (Å²) >= 11 is 0. The zero-order valence-corrected chi connectivity index (χ0v) is 19.0. The minimum atomic E-state index is -0.361. The predicted molar refractivity (Wildman–Crippen MR) is 123 cm³/mol. The number of allylic oxidation sites excluding steroid dienone is 2. The van der Waals surface area contributed by atoms with Crippen LogP contribution in [0.3, 0.4) is 0 Å². The van der Waals surface area contributed by atoms with Crippen LogP contribution in [0.25, 0.3) is 5.69 Å². The third-order valence-electron chi connectivity index (χ3n) is 7.13. The largest absolute Gasteiger partial charge is 0.462 e. The van der Waals surface area contributed by atoms with Gasteiger partial charge in [0, 0.05) is 22.6 Å². The maximum absolute atomic E-state index is 13.0. The summed E-state index contributed by atoms with van der Waals surface area (Å²) in [5, 5.41) is 5.43. The van der Waals surface area contributed by atoms with Crippen LogP contribution in [-0.4, -0.2) is 40.2 Å². The second-order valence-corrected chi connectivity index (χ2v) is 9.01. The van der Waals surface area contributed by atoms with Crippen molar-refractivity contribution in [2.24, 2.45) is 28.8 Å². The fourth-order valence-corrected chi connectivity index (χ4v) is 5.59. The van der Waals surface area contributed by atoms with E-state index in [9.17, 15) is 14.4 Å². The van der Waals surface area contributed by atoms with Gasteiger partial charge in [-0.1, -0.05) is 18.2 Å². The summed E-state index contributed by atoms with van der Waals surface area (Å²) in [6.07, 6.45) is 7.73. The van der Waals surface area contributed by atoms with E-state index in [1.54, 1.807) is 25.3 Å². The van der Waals surface area contributed by atoms with Gasteiger partial charge < -0.3 is 9.30 Å². The van der Waals surface area contributed by atoms with E-state index in [0.717, 1.165) is 40.5 Å². The SMILES string of the molecule is CCOC(=O)c1cccc(-n2c(C)cc(/C=N\N3C(=O)[C@@H]4[C@H](C3=O)[C@H]3C=C[C@H]4CC3)c2C)c1. The Morgan fingerprint density at radius 3 is 2.36 bits per heavy atom. The molecule has 1 saturated heterocycles. The van der Waals surface area contributed by atoms with E-state index >= 15 is 0 Å². The summed E-state index contributed by atoms with van der Waals surface area (Å²) in [7, 11) is 0. The van der Waals surface area contributed by atoms with Crippen LogP contribution in [0, 0.1) is 37.5 Å². The standard InChI is InChI=1S/C26H27N3O4/c1-4-33-26(32)19-6-5-7-21(13-19)28-15(2)12-20(16(28)3)14-27-29-24(30)22-17-8-9-18(11-10-17)23(22)25(29)31/h5-9,12-14,17-18,22-23H,4,10-11H2,1-3H3/b27-14-/t17-,18-,22-,23+/m0/s1. The normalized spacial score (nSPS) is 25.8. The Morgan fingerprint density at radius 2 is 1.76 bits per heavy atom. The van der Waals surface area contributed by atoms with E-state index in [2.05, 4.69) is 17.3 Å². The van der Waals surface area contributed by atoms with Gasteiger partial charge in [0.25, 0.3) is 11.8 Å². The van der Waals surface area contributed by atoms with Gasteiger partial charge in [0.1, 0.15) is 0 Å². The molecular weight excluding hydrogens is 418 g/mol. The number of aromatic nitrogens is 1. The van der Waals surface area contributed by atoms with E-state index < -0.39 is 0 Å². The first-order valence-corrected chi connectivity index (χ1v) is 11.5. The van der Waals surface area contributed by atoms with Crippen LogP contribution < -0.4 is 0 Å². The number of rotatable bonds is 5. The highest BCUT2D eigenvalue weighted by Crippen LogP contribution is 2.49. The van der Waals surface area contributed by atoms with Crippen LogP contribution in [0.2, 0.25) is 0 Å². The topological polar surface area (TPSA) is 81.0 Å². The average molecular weight is 446 g/mol. The zero-order chi connectivity index (χ0) is 23.3. The van der Waals surface area contributed by atoms with Crippen molar-refractivity contribution in [3.05, 3.63) is 65.0 Å². The molecular formula is C26H27N3O4. The number of hydrazone groups is 1. The van der Waals surface area contributed by atoms with Crippen molar-refractivity contribution >= 4 is 24.0 Å². The number of nitrogens with zero attached hydrogens (tertiary/aromatic N) is 3. The molecule has 4 aliphatic rings. The molecule has 0 unspecified atom stereocenters. The first kappa shape index (κ1) is 21.4. The number of imide groups is 1. The van der Waals surface area contributed by atoms with Crippen molar-refractivity contribution in [3.8, 4) is 5.69 Å². The van der Waals surface area contributed by atoms with Crippen molar-refractivity contribution in [2.45, 2.75) is 33.6 Å². The van der Waals surface area contributed by atoms with E-state index in [1.807, 2.05) is 36.6 Å². The Morgan fingerprint density at radius 1 is 1.09 bits per heavy atom. The molecule has 1 aromatic heterocycles. The molecule has 170 valence electrons. The Balaban J connectivity index is 1.42. The second kappa shape index (κ2) is 8.14. The Hall–Kier alpha value is -3.48. The number of benzene rings is 1. The van der Waals surface area contributed by atoms with Crippen molar-refractivity contribution < 1.29 is 19.1 Å². The number of ether oxygens (including phenoxy) is 1. The van der Waals surface area contributed by atoms with Crippen LogP contribution in [0.5, 0.6) is 0 Å². The van der Waals surface area contributed by atoms with E-state index in [4.69, 9.17) is 4.74 Å². The van der Waals surface area contributed by atoms with Gasteiger partial charge in [-0.05, 0) is 69.7 Å². The zero-order valence-electron chi connectivity index (χ0n) is 19.0. The molecule has 2 amide bonds. The summed E-state index contributed by atoms with van der Waals surface area (Å²) in [6.45, 7) is 6.01. The molecule has 7 nitrogen and oxygen atoms in total. The Labute approximate surface area is 192 Å². The predicted octanol–water partition coefficient (Wildman–Crippen LogP) is 3.80. The van der Waals surface area contributed by atoms with Gasteiger partial charge in [0.15, 0.2) is 0 Å². The lowest BCUT2D eigenvalue weighted by Crippen LogP contribution is -2.38. The molecule has 3 aliphatic carbocycles. The number of hydrogen-bond donors (Lipinski definition) is 0. The van der Waals surface area contributed by atoms with E-state index in [0.29, 0.717) is 12.2 Å². The first-order valence-electron chi connectivity index (χ1n) is 11.5. The lowest BCUT2D eigenvalue weighted by atomic mass is 9.63. The minimum Gasteiger partial charge on any atom is -0.462 e. The molecule has 1 saturated carbocycles. The van der Waals surface area contributed by atoms with Crippen LogP contribution in [-0.2, 0) is 14.3 Å². The van der Waals surface area contributed by atoms with E-state index in [-0.39, 0.29) is 41.5 Å². The maximum atomic E-state index is 13.0. The van der Waals surface area contributed by atoms with Crippen LogP contribution in [0.15, 0.2) is 47.6 Å². The molecule has 2 fully saturated rings. The number of carbonyl (C=O) groups is 3. The van der Waals surface area contributed by atoms with Crippen molar-refractivity contribution in [1.29, 1.82) is 0 Å². The average Bonchev–Trinajstić information content (AvgIpc) is 3.26. The van der Waals surface area contributed by atoms with Crippen LogP contribution in [0.4, 0.5) is 0 Å². The smallest absolute Gasteiger partial charge is 0.338 e. The van der Waals surface area contributed by atoms with Crippen molar-refractivity contribution in [3.63, 3.8) is 0 Å². The van der Waals surface area contributed by atoms with Crippen molar-refractivity contribution in [1.82, 2.24) is 9.58 Å². The van der Waals surface area contributed by atoms with Gasteiger partial charge in [-0.3, -0.25) is 9.59 Å². The Kier molecular flexibility index (Phi) is 5.27. The quantitative estimate of drug-likeness (QED) is 0.303. The first-order chi connectivity index (χ1) is 15.9. The highest BCUT2D eigenvalue weighted by molar-refractivity contribution is 6.06. The second-order valence-electron chi connectivity index (χ2n) is 9.01. The van der Waals surface area contributed by atoms with Gasteiger partial charge in [-0.2, -0.15) is 10.1 Å². The third-order valence-corrected chi connectivity index (χ3v) is 7.13. The van der Waals surface area contributed by atoms with Gasteiger partial charge in [-0.25, -0.2) is 4.79 Å². The lowest BCUT2D eigenvalue weighted by molar-refractivity contribution is -0.140. The number of amides is 2. The third kappa shape index (κ3) is 3.43. The summed E-state index contributed by atoms with van der Waals surface area (Å²) in [5.41, 5.74) is 3.97. The Bertz CT molecular complexity index is 1180. The van der Waals surface area contributed by atoms with Gasteiger partial charge in [0.2, 0.25) is 0 Å². The molecule has 1 aromatic carbocycles. The molecule has 0 N–H and O–H groups in total. The minimum absolute atomic E-state index is 0.147. The fourth-order valence-electron chi connectivity index (χ4n) is 5.59. The van der Waals surface area contributed by atoms with Crippen molar-refractivity contribution in [2.75, 3.05) is 6.61 Å². The highest BCUT2D eigenvalue weighted by atomic mass is 16.5. The molecule has 7 heteroatoms. The highest BCUT2D eigenvalue weighted by Gasteiger charge is 2.56. The molecule has 2 aromatic rings. The van der Waals surface area contributed by atoms with Gasteiger partial charge in [0.05, 0.1) is 30.2 Å². The van der Waals surface area contributed by atoms with Gasteiger partial charge >= 0.3 is 5.97 Å². The summed E-state index contributed by atoms with van der Waals surface area (Å²) in [4.78, 5) is 38.2. The number of carbonyl (C=O) groups excluding carboxylic acids is 3. The molecule has 1 aliphatic heterocycles. The molecule has 2 heterocycles. The van der Waals surface area contributed by atoms with Crippen LogP contribution >= 0.6 is 0 Å². The fraction of sp³-hybridized carbons (Fsp3) is 0.385. The number of fused-ring (bicyclic) bond motifs is 1. The number of esters is 1. The summed E-state index contributed by atoms with van der Waals surface area (Å²) in [5.74, 6) is -0.971. The molecule has 6 rings (SSSR count). The number of hydrogen-bond acceptors (Lipinski definition) is 5. The molecule has 4 atom stereocenters. The summed E-state index contributed by atoms with van der Waals surface area (Å²) < 4.78 is 7.13. The molecule has 2 bridgehead atoms. The number of aryl methyl sites for hydroxylation is 1. The maximum Gasteiger partial charge on any atom is 0.338 e. The van der Waals surface area contributed by atoms with Gasteiger partial charge in [-0.15, -0.1) is 0 Å². The molecule has 33 heavy (non-hydrogen) atoms.